The molecule has 0 aromatic carbocycles. The van der Waals surface area contributed by atoms with E-state index in [1.165, 1.54) is 6.92 Å². The van der Waals surface area contributed by atoms with E-state index >= 15 is 0 Å². The lowest BCUT2D eigenvalue weighted by Gasteiger charge is -2.10. The van der Waals surface area contributed by atoms with Crippen molar-refractivity contribution >= 4 is 21.7 Å². The molecule has 0 aromatic rings. The number of carbonyl (C=O) groups excluding carboxylic acids is 1. The monoisotopic (exact) mass is 220 g/mol. The number of ketones is 1. The van der Waals surface area contributed by atoms with Gasteiger partial charge in [0.1, 0.15) is 5.76 Å². The van der Waals surface area contributed by atoms with E-state index in [2.05, 4.69) is 15.9 Å². The van der Waals surface area contributed by atoms with Gasteiger partial charge in [-0.25, -0.2) is 0 Å². The zero-order valence-electron chi connectivity index (χ0n) is 7.27. The molecule has 0 saturated heterocycles. The maximum absolute atomic E-state index is 10.8. The van der Waals surface area contributed by atoms with Gasteiger partial charge in [0.05, 0.1) is 10.6 Å². The Morgan fingerprint density at radius 1 is 1.36 bits per heavy atom. The highest BCUT2D eigenvalue weighted by atomic mass is 79.9. The number of halogens is 1. The number of rotatable bonds is 3. The smallest absolute Gasteiger partial charge is 0.170 e. The number of allylic oxidation sites excluding steroid dienone is 2. The van der Waals surface area contributed by atoms with Crippen LogP contribution in [-0.4, -0.2) is 11.9 Å². The highest BCUT2D eigenvalue weighted by molar-refractivity contribution is 9.12. The Morgan fingerprint density at radius 2 is 1.82 bits per heavy atom. The van der Waals surface area contributed by atoms with Crippen LogP contribution >= 0.6 is 15.9 Å². The fourth-order valence-electron chi connectivity index (χ4n) is 0.653. The fourth-order valence-corrected chi connectivity index (χ4v) is 0.747. The van der Waals surface area contributed by atoms with Crippen LogP contribution in [0.25, 0.3) is 0 Å². The lowest BCUT2D eigenvalue weighted by atomic mass is 10.3. The molecule has 0 aliphatic rings. The first kappa shape index (κ1) is 10.7. The van der Waals surface area contributed by atoms with Gasteiger partial charge in [0.15, 0.2) is 5.78 Å². The Morgan fingerprint density at radius 3 is 2.09 bits per heavy atom. The first-order chi connectivity index (χ1) is 4.95. The molecule has 0 radical (unpaired) electrons. The number of hydrogen-bond donors (Lipinski definition) is 0. The third-order valence-corrected chi connectivity index (χ3v) is 2.15. The van der Waals surface area contributed by atoms with E-state index in [4.69, 9.17) is 4.74 Å². The van der Waals surface area contributed by atoms with Crippen LogP contribution in [-0.2, 0) is 9.53 Å². The van der Waals surface area contributed by atoms with Crippen LogP contribution < -0.4 is 0 Å². The molecule has 0 N–H and O–H groups in total. The summed E-state index contributed by atoms with van der Waals surface area (Å²) in [6, 6.07) is 0. The van der Waals surface area contributed by atoms with Gasteiger partial charge >= 0.3 is 0 Å². The quantitative estimate of drug-likeness (QED) is 0.540. The molecule has 0 aliphatic carbocycles. The SMILES string of the molecule is CC(=O)/C(Br)=C(/C)OC(C)C. The summed E-state index contributed by atoms with van der Waals surface area (Å²) < 4.78 is 5.80. The summed E-state index contributed by atoms with van der Waals surface area (Å²) in [5.41, 5.74) is 0. The average Bonchev–Trinajstić information content (AvgIpc) is 1.84. The summed E-state index contributed by atoms with van der Waals surface area (Å²) in [5, 5.41) is 0. The van der Waals surface area contributed by atoms with Crippen LogP contribution in [0.4, 0.5) is 0 Å². The molecular weight excluding hydrogens is 208 g/mol. The first-order valence-electron chi connectivity index (χ1n) is 3.49. The Hall–Kier alpha value is -0.310. The molecule has 0 aliphatic heterocycles. The molecular formula is C8H13BrO2. The molecule has 0 fully saturated rings. The number of carbonyl (C=O) groups is 1. The second-order valence-corrected chi connectivity index (χ2v) is 3.39. The van der Waals surface area contributed by atoms with Crippen LogP contribution in [0.1, 0.15) is 27.7 Å². The molecule has 11 heavy (non-hydrogen) atoms. The topological polar surface area (TPSA) is 26.3 Å². The van der Waals surface area contributed by atoms with Crippen LogP contribution in [0.2, 0.25) is 0 Å². The van der Waals surface area contributed by atoms with E-state index in [9.17, 15) is 4.79 Å². The van der Waals surface area contributed by atoms with Gasteiger partial charge in [-0.1, -0.05) is 0 Å². The van der Waals surface area contributed by atoms with Crippen molar-refractivity contribution in [1.82, 2.24) is 0 Å². The van der Waals surface area contributed by atoms with E-state index in [-0.39, 0.29) is 11.9 Å². The van der Waals surface area contributed by atoms with Gasteiger partial charge in [-0.3, -0.25) is 4.79 Å². The molecule has 0 saturated carbocycles. The summed E-state index contributed by atoms with van der Waals surface area (Å²) in [7, 11) is 0. The van der Waals surface area contributed by atoms with Crippen molar-refractivity contribution < 1.29 is 9.53 Å². The van der Waals surface area contributed by atoms with Gasteiger partial charge < -0.3 is 4.74 Å². The molecule has 64 valence electrons. The molecule has 0 unspecified atom stereocenters. The van der Waals surface area contributed by atoms with Crippen LogP contribution in [0.3, 0.4) is 0 Å². The summed E-state index contributed by atoms with van der Waals surface area (Å²) in [5.74, 6) is 0.635. The summed E-state index contributed by atoms with van der Waals surface area (Å²) in [4.78, 5) is 10.8. The van der Waals surface area contributed by atoms with Crippen molar-refractivity contribution in [3.8, 4) is 0 Å². The van der Waals surface area contributed by atoms with E-state index in [0.717, 1.165) is 0 Å². The molecule has 0 spiro atoms. The zero-order valence-corrected chi connectivity index (χ0v) is 8.86. The normalized spacial score (nSPS) is 12.9. The second kappa shape index (κ2) is 4.54. The van der Waals surface area contributed by atoms with Crippen LogP contribution in [0.15, 0.2) is 10.2 Å². The fraction of sp³-hybridized carbons (Fsp3) is 0.625. The third-order valence-electron chi connectivity index (χ3n) is 1.03. The van der Waals surface area contributed by atoms with Crippen molar-refractivity contribution in [2.75, 3.05) is 0 Å². The standard InChI is InChI=1S/C8H13BrO2/c1-5(2)11-7(4)8(9)6(3)10/h5H,1-4H3/b8-7+. The molecule has 3 heteroatoms. The van der Waals surface area contributed by atoms with Gasteiger partial charge in [0.2, 0.25) is 0 Å². The van der Waals surface area contributed by atoms with E-state index in [0.29, 0.717) is 10.2 Å². The Balaban J connectivity index is 4.28. The molecule has 0 bridgehead atoms. The Bertz CT molecular complexity index is 183. The van der Waals surface area contributed by atoms with Crippen molar-refractivity contribution in [2.45, 2.75) is 33.8 Å². The minimum absolute atomic E-state index is 0.0110. The maximum Gasteiger partial charge on any atom is 0.170 e. The van der Waals surface area contributed by atoms with Gasteiger partial charge in [-0.2, -0.15) is 0 Å². The summed E-state index contributed by atoms with van der Waals surface area (Å²) in [6.07, 6.45) is 0.113. The first-order valence-corrected chi connectivity index (χ1v) is 4.28. The zero-order chi connectivity index (χ0) is 9.02. The predicted octanol–water partition coefficient (Wildman–Crippen LogP) is 2.63. The van der Waals surface area contributed by atoms with Crippen LogP contribution in [0.5, 0.6) is 0 Å². The lowest BCUT2D eigenvalue weighted by Crippen LogP contribution is -2.03. The second-order valence-electron chi connectivity index (χ2n) is 2.59. The van der Waals surface area contributed by atoms with Crippen molar-refractivity contribution in [3.05, 3.63) is 10.2 Å². The maximum atomic E-state index is 10.8. The Kier molecular flexibility index (Phi) is 4.42. The molecule has 0 atom stereocenters. The summed E-state index contributed by atoms with van der Waals surface area (Å²) >= 11 is 3.14. The minimum atomic E-state index is -0.0110. The van der Waals surface area contributed by atoms with E-state index < -0.39 is 0 Å². The number of hydrogen-bond acceptors (Lipinski definition) is 2. The molecule has 0 amide bonds. The number of ether oxygens (including phenoxy) is 1. The van der Waals surface area contributed by atoms with Crippen molar-refractivity contribution in [1.29, 1.82) is 0 Å². The number of Topliss-reactive ketones (excluding diaryl/α,β-unsaturated/α-hetero) is 1. The lowest BCUT2D eigenvalue weighted by molar-refractivity contribution is -0.113. The van der Waals surface area contributed by atoms with Gasteiger partial charge in [0, 0.05) is 0 Å². The average molecular weight is 221 g/mol. The van der Waals surface area contributed by atoms with E-state index in [1.54, 1.807) is 6.92 Å². The summed E-state index contributed by atoms with van der Waals surface area (Å²) in [6.45, 7) is 7.11. The molecule has 2 nitrogen and oxygen atoms in total. The van der Waals surface area contributed by atoms with Gasteiger partial charge in [-0.05, 0) is 43.6 Å². The molecule has 0 rings (SSSR count). The van der Waals surface area contributed by atoms with Gasteiger partial charge in [0.25, 0.3) is 0 Å². The van der Waals surface area contributed by atoms with Crippen LogP contribution in [0, 0.1) is 0 Å². The highest BCUT2D eigenvalue weighted by Gasteiger charge is 2.05. The van der Waals surface area contributed by atoms with Crippen molar-refractivity contribution in [2.24, 2.45) is 0 Å². The van der Waals surface area contributed by atoms with Gasteiger partial charge in [-0.15, -0.1) is 0 Å². The molecule has 0 heterocycles. The Labute approximate surface area is 75.7 Å². The highest BCUT2D eigenvalue weighted by Crippen LogP contribution is 2.15. The van der Waals surface area contributed by atoms with E-state index in [1.807, 2.05) is 13.8 Å². The largest absolute Gasteiger partial charge is 0.494 e. The van der Waals surface area contributed by atoms with Crippen molar-refractivity contribution in [3.63, 3.8) is 0 Å². The third kappa shape index (κ3) is 4.19. The predicted molar refractivity (Wildman–Crippen MR) is 48.5 cm³/mol. The molecule has 0 aromatic heterocycles. The minimum Gasteiger partial charge on any atom is -0.494 e.